The van der Waals surface area contributed by atoms with E-state index >= 15 is 0 Å². The summed E-state index contributed by atoms with van der Waals surface area (Å²) in [6, 6.07) is 3.71. The normalized spacial score (nSPS) is 18.3. The van der Waals surface area contributed by atoms with E-state index < -0.39 is 5.54 Å². The molecule has 0 unspecified atom stereocenters. The van der Waals surface area contributed by atoms with Crippen LogP contribution in [0.5, 0.6) is 0 Å². The molecule has 1 aliphatic heterocycles. The van der Waals surface area contributed by atoms with E-state index in [1.54, 1.807) is 4.90 Å². The van der Waals surface area contributed by atoms with E-state index in [1.807, 2.05) is 44.9 Å². The summed E-state index contributed by atoms with van der Waals surface area (Å²) in [7, 11) is 1.82. The van der Waals surface area contributed by atoms with Crippen molar-refractivity contribution in [1.82, 2.24) is 9.88 Å². The zero-order chi connectivity index (χ0) is 15.1. The third-order valence-electron chi connectivity index (χ3n) is 3.70. The number of hydrogen-bond donors (Lipinski definition) is 1. The van der Waals surface area contributed by atoms with Crippen LogP contribution in [-0.2, 0) is 4.79 Å². The second-order valence-corrected chi connectivity index (χ2v) is 6.10. The predicted octanol–water partition coefficient (Wildman–Crippen LogP) is 1.08. The molecule has 2 heterocycles. The molecule has 0 aliphatic carbocycles. The van der Waals surface area contributed by atoms with Crippen LogP contribution in [0.1, 0.15) is 25.1 Å². The SMILES string of the molecule is Cc1cc(C(N)=S)cc(N2CCN(C)C(=O)C2(C)C)n1. The summed E-state index contributed by atoms with van der Waals surface area (Å²) in [5.74, 6) is 0.836. The lowest BCUT2D eigenvalue weighted by Gasteiger charge is -2.45. The molecule has 0 atom stereocenters. The fourth-order valence-corrected chi connectivity index (χ4v) is 2.66. The molecule has 0 spiro atoms. The summed E-state index contributed by atoms with van der Waals surface area (Å²) in [6.45, 7) is 7.14. The van der Waals surface area contributed by atoms with E-state index in [-0.39, 0.29) is 5.91 Å². The maximum absolute atomic E-state index is 12.3. The highest BCUT2D eigenvalue weighted by molar-refractivity contribution is 7.80. The van der Waals surface area contributed by atoms with Gasteiger partial charge in [-0.15, -0.1) is 0 Å². The van der Waals surface area contributed by atoms with Gasteiger partial charge in [0.15, 0.2) is 0 Å². The maximum atomic E-state index is 12.3. The minimum Gasteiger partial charge on any atom is -0.389 e. The van der Waals surface area contributed by atoms with Gasteiger partial charge >= 0.3 is 0 Å². The van der Waals surface area contributed by atoms with Gasteiger partial charge in [-0.3, -0.25) is 4.79 Å². The smallest absolute Gasteiger partial charge is 0.247 e. The Morgan fingerprint density at radius 3 is 2.65 bits per heavy atom. The van der Waals surface area contributed by atoms with Crippen LogP contribution in [-0.4, -0.2) is 46.5 Å². The van der Waals surface area contributed by atoms with Crippen LogP contribution >= 0.6 is 12.2 Å². The molecule has 108 valence electrons. The minimum absolute atomic E-state index is 0.0870. The van der Waals surface area contributed by atoms with Crippen LogP contribution in [0.3, 0.4) is 0 Å². The first-order valence-electron chi connectivity index (χ1n) is 6.55. The van der Waals surface area contributed by atoms with Gasteiger partial charge in [0.25, 0.3) is 0 Å². The van der Waals surface area contributed by atoms with Crippen molar-refractivity contribution in [3.05, 3.63) is 23.4 Å². The number of nitrogens with zero attached hydrogens (tertiary/aromatic N) is 3. The fraction of sp³-hybridized carbons (Fsp3) is 0.500. The first-order valence-corrected chi connectivity index (χ1v) is 6.96. The lowest BCUT2D eigenvalue weighted by Crippen LogP contribution is -2.62. The third-order valence-corrected chi connectivity index (χ3v) is 3.94. The number of thiocarbonyl (C=S) groups is 1. The van der Waals surface area contributed by atoms with Crippen molar-refractivity contribution in [2.45, 2.75) is 26.3 Å². The summed E-state index contributed by atoms with van der Waals surface area (Å²) in [5, 5.41) is 0. The average molecular weight is 292 g/mol. The Hall–Kier alpha value is -1.69. The molecule has 1 amide bonds. The molecule has 2 N–H and O–H groups in total. The Morgan fingerprint density at radius 2 is 2.05 bits per heavy atom. The lowest BCUT2D eigenvalue weighted by atomic mass is 9.97. The Balaban J connectivity index is 2.45. The van der Waals surface area contributed by atoms with Crippen molar-refractivity contribution >= 4 is 28.9 Å². The van der Waals surface area contributed by atoms with Crippen LogP contribution in [0.2, 0.25) is 0 Å². The second-order valence-electron chi connectivity index (χ2n) is 5.66. The predicted molar refractivity (Wildman–Crippen MR) is 83.9 cm³/mol. The van der Waals surface area contributed by atoms with E-state index in [9.17, 15) is 4.79 Å². The summed E-state index contributed by atoms with van der Waals surface area (Å²) >= 11 is 5.04. The Morgan fingerprint density at radius 1 is 1.40 bits per heavy atom. The van der Waals surface area contributed by atoms with Crippen molar-refractivity contribution in [3.8, 4) is 0 Å². The molecule has 0 bridgehead atoms. The zero-order valence-electron chi connectivity index (χ0n) is 12.3. The molecule has 0 radical (unpaired) electrons. The number of aromatic nitrogens is 1. The minimum atomic E-state index is -0.624. The van der Waals surface area contributed by atoms with Gasteiger partial charge in [0, 0.05) is 31.4 Å². The van der Waals surface area contributed by atoms with Gasteiger partial charge in [-0.25, -0.2) is 4.98 Å². The molecule has 1 saturated heterocycles. The number of carbonyl (C=O) groups is 1. The Kier molecular flexibility index (Phi) is 3.69. The van der Waals surface area contributed by atoms with Gasteiger partial charge in [-0.1, -0.05) is 12.2 Å². The largest absolute Gasteiger partial charge is 0.389 e. The van der Waals surface area contributed by atoms with E-state index in [2.05, 4.69) is 4.98 Å². The Bertz CT molecular complexity index is 570. The molecular formula is C14H20N4OS. The molecule has 1 aliphatic rings. The standard InChI is InChI=1S/C14H20N4OS/c1-9-7-10(12(15)20)8-11(16-9)18-6-5-17(4)13(19)14(18,2)3/h7-8H,5-6H2,1-4H3,(H2,15,20). The number of piperazine rings is 1. The summed E-state index contributed by atoms with van der Waals surface area (Å²) < 4.78 is 0. The number of nitrogens with two attached hydrogens (primary N) is 1. The van der Waals surface area contributed by atoms with E-state index in [1.165, 1.54) is 0 Å². The number of anilines is 1. The van der Waals surface area contributed by atoms with E-state index in [0.717, 1.165) is 23.6 Å². The highest BCUT2D eigenvalue weighted by atomic mass is 32.1. The van der Waals surface area contributed by atoms with Crippen LogP contribution in [0.15, 0.2) is 12.1 Å². The second kappa shape index (κ2) is 5.01. The molecule has 0 aromatic carbocycles. The number of pyridine rings is 1. The van der Waals surface area contributed by atoms with Crippen molar-refractivity contribution in [3.63, 3.8) is 0 Å². The molecule has 1 aromatic heterocycles. The van der Waals surface area contributed by atoms with Crippen molar-refractivity contribution < 1.29 is 4.79 Å². The molecule has 1 aromatic rings. The highest BCUT2D eigenvalue weighted by Gasteiger charge is 2.41. The number of aryl methyl sites for hydroxylation is 1. The first kappa shape index (κ1) is 14.7. The molecular weight excluding hydrogens is 272 g/mol. The van der Waals surface area contributed by atoms with Crippen LogP contribution in [0.25, 0.3) is 0 Å². The number of hydrogen-bond acceptors (Lipinski definition) is 4. The fourth-order valence-electron chi connectivity index (χ4n) is 2.55. The third kappa shape index (κ3) is 2.47. The number of carbonyl (C=O) groups excluding carboxylic acids is 1. The summed E-state index contributed by atoms with van der Waals surface area (Å²) in [6.07, 6.45) is 0. The number of likely N-dealkylation sites (N-methyl/N-ethyl adjacent to an activating group) is 1. The highest BCUT2D eigenvalue weighted by Crippen LogP contribution is 2.28. The van der Waals surface area contributed by atoms with Crippen LogP contribution in [0, 0.1) is 6.92 Å². The zero-order valence-corrected chi connectivity index (χ0v) is 13.1. The first-order chi connectivity index (χ1) is 9.23. The molecule has 5 nitrogen and oxygen atoms in total. The van der Waals surface area contributed by atoms with Gasteiger partial charge in [0.05, 0.1) is 0 Å². The van der Waals surface area contributed by atoms with Gasteiger partial charge in [0.1, 0.15) is 16.3 Å². The van der Waals surface area contributed by atoms with Gasteiger partial charge in [0.2, 0.25) is 5.91 Å². The van der Waals surface area contributed by atoms with Gasteiger partial charge in [-0.05, 0) is 32.9 Å². The topological polar surface area (TPSA) is 62.5 Å². The summed E-state index contributed by atoms with van der Waals surface area (Å²) in [4.78, 5) is 21.0. The Labute approximate surface area is 124 Å². The maximum Gasteiger partial charge on any atom is 0.247 e. The monoisotopic (exact) mass is 292 g/mol. The van der Waals surface area contributed by atoms with Gasteiger partial charge < -0.3 is 15.5 Å². The molecule has 2 rings (SSSR count). The molecule has 20 heavy (non-hydrogen) atoms. The number of amides is 1. The molecule has 1 fully saturated rings. The van der Waals surface area contributed by atoms with E-state index in [4.69, 9.17) is 18.0 Å². The number of rotatable bonds is 2. The average Bonchev–Trinajstić information content (AvgIpc) is 2.35. The lowest BCUT2D eigenvalue weighted by molar-refractivity contribution is -0.136. The van der Waals surface area contributed by atoms with Gasteiger partial charge in [-0.2, -0.15) is 0 Å². The van der Waals surface area contributed by atoms with Crippen molar-refractivity contribution in [2.24, 2.45) is 5.73 Å². The van der Waals surface area contributed by atoms with Crippen LogP contribution < -0.4 is 10.6 Å². The quantitative estimate of drug-likeness (QED) is 0.827. The van der Waals surface area contributed by atoms with E-state index in [0.29, 0.717) is 11.5 Å². The molecule has 6 heteroatoms. The van der Waals surface area contributed by atoms with Crippen molar-refractivity contribution in [2.75, 3.05) is 25.0 Å². The summed E-state index contributed by atoms with van der Waals surface area (Å²) in [5.41, 5.74) is 6.71. The van der Waals surface area contributed by atoms with Crippen molar-refractivity contribution in [1.29, 1.82) is 0 Å². The molecule has 0 saturated carbocycles. The van der Waals surface area contributed by atoms with Crippen LogP contribution in [0.4, 0.5) is 5.82 Å².